The first-order valence-corrected chi connectivity index (χ1v) is 1.55. The number of rotatable bonds is 0. The Kier molecular flexibility index (Phi) is 3.89. The van der Waals surface area contributed by atoms with Crippen LogP contribution >= 0.6 is 15.9 Å². The number of hydrogen-bond acceptors (Lipinski definition) is 0. The Balaban J connectivity index is 0. The molecule has 0 nitrogen and oxygen atoms in total. The van der Waals surface area contributed by atoms with E-state index >= 15 is 0 Å². The molecule has 0 aliphatic rings. The predicted molar refractivity (Wildman–Crippen MR) is 21.7 cm³/mol. The van der Waals surface area contributed by atoms with Gasteiger partial charge in [-0.3, -0.25) is 0 Å². The first-order valence-electron chi connectivity index (χ1n) is 0.756. The minimum absolute atomic E-state index is 0. The Bertz CT molecular complexity index is 24.3. The highest BCUT2D eigenvalue weighted by Crippen LogP contribution is 2.21. The van der Waals surface area contributed by atoms with Crippen molar-refractivity contribution in [1.29, 1.82) is 0 Å². The van der Waals surface area contributed by atoms with E-state index in [4.69, 9.17) is 0 Å². The van der Waals surface area contributed by atoms with Gasteiger partial charge in [-0.25, -0.2) is 0 Å². The van der Waals surface area contributed by atoms with Crippen LogP contribution in [0, 0.1) is 0 Å². The summed E-state index contributed by atoms with van der Waals surface area (Å²) in [6.45, 7) is 0. The summed E-state index contributed by atoms with van der Waals surface area (Å²) in [5.41, 5.74) is 0. The van der Waals surface area contributed by atoms with Gasteiger partial charge in [0.05, 0.1) is 0 Å². The lowest BCUT2D eigenvalue weighted by Gasteiger charge is -1.85. The van der Waals surface area contributed by atoms with Gasteiger partial charge in [0.2, 0.25) is 0 Å². The molecule has 0 aliphatic carbocycles. The first kappa shape index (κ1) is 9.55. The molecule has 0 aliphatic heterocycles. The van der Waals surface area contributed by atoms with Gasteiger partial charge in [-0.2, -0.15) is 13.2 Å². The van der Waals surface area contributed by atoms with Crippen LogP contribution in [0.15, 0.2) is 0 Å². The molecule has 0 bridgehead atoms. The van der Waals surface area contributed by atoms with E-state index in [1.807, 2.05) is 0 Å². The van der Waals surface area contributed by atoms with Gasteiger partial charge in [-0.1, -0.05) is 7.43 Å². The molecular weight excluding hydrogens is 161 g/mol. The third kappa shape index (κ3) is 626. The predicted octanol–water partition coefficient (Wildman–Crippen LogP) is 2.54. The summed E-state index contributed by atoms with van der Waals surface area (Å²) in [7, 11) is 0. The Hall–Kier alpha value is 0.270. The zero-order chi connectivity index (χ0) is 4.50. The van der Waals surface area contributed by atoms with E-state index in [0.29, 0.717) is 0 Å². The summed E-state index contributed by atoms with van der Waals surface area (Å²) >= 11 is 1.38. The fourth-order valence-corrected chi connectivity index (χ4v) is 0. The molecule has 0 aromatic carbocycles. The molecule has 4 heteroatoms. The lowest BCUT2D eigenvalue weighted by molar-refractivity contribution is -0.0245. The molecule has 0 amide bonds. The van der Waals surface area contributed by atoms with Crippen LogP contribution < -0.4 is 0 Å². The Morgan fingerprint density at radius 1 is 1.17 bits per heavy atom. The van der Waals surface area contributed by atoms with Crippen molar-refractivity contribution in [2.45, 2.75) is 12.5 Å². The highest BCUT2D eigenvalue weighted by molar-refractivity contribution is 9.09. The molecule has 0 radical (unpaired) electrons. The minimum Gasteiger partial charge on any atom is -0.160 e. The second-order valence-electron chi connectivity index (χ2n) is 0.429. The van der Waals surface area contributed by atoms with Crippen molar-refractivity contribution < 1.29 is 13.2 Å². The highest BCUT2D eigenvalue weighted by Gasteiger charge is 2.19. The maximum Gasteiger partial charge on any atom is 0.448 e. The van der Waals surface area contributed by atoms with Crippen molar-refractivity contribution >= 4 is 15.9 Å². The average molecular weight is 165 g/mol. The van der Waals surface area contributed by atoms with Gasteiger partial charge in [-0.05, 0) is 0 Å². The summed E-state index contributed by atoms with van der Waals surface area (Å²) in [5, 5.41) is -4.19. The summed E-state index contributed by atoms with van der Waals surface area (Å²) in [5.74, 6) is 0. The molecule has 0 rings (SSSR count). The summed E-state index contributed by atoms with van der Waals surface area (Å²) in [6.07, 6.45) is 0. The minimum atomic E-state index is -4.19. The molecule has 0 atom stereocenters. The van der Waals surface area contributed by atoms with Crippen LogP contribution in [0.3, 0.4) is 0 Å². The lowest BCUT2D eigenvalue weighted by Crippen LogP contribution is -1.88. The van der Waals surface area contributed by atoms with E-state index in [-0.39, 0.29) is 7.43 Å². The summed E-state index contributed by atoms with van der Waals surface area (Å²) in [4.78, 5) is 0. The third-order valence-corrected chi connectivity index (χ3v) is 0. The average Bonchev–Trinajstić information content (AvgIpc) is 0.722. The molecule has 0 unspecified atom stereocenters. The summed E-state index contributed by atoms with van der Waals surface area (Å²) in [6, 6.07) is 0. The van der Waals surface area contributed by atoms with Gasteiger partial charge in [0.1, 0.15) is 0 Å². The number of alkyl halides is 4. The molecule has 0 saturated carbocycles. The zero-order valence-electron chi connectivity index (χ0n) is 2.01. The largest absolute Gasteiger partial charge is 0.448 e. The van der Waals surface area contributed by atoms with Gasteiger partial charge in [-0.15, -0.1) is 0 Å². The SMILES string of the molecule is C.FC(F)(F)Br. The maximum atomic E-state index is 10.3. The van der Waals surface area contributed by atoms with E-state index in [0.717, 1.165) is 0 Å². The molecule has 40 valence electrons. The van der Waals surface area contributed by atoms with Crippen LogP contribution in [0.1, 0.15) is 7.43 Å². The topological polar surface area (TPSA) is 0 Å². The standard InChI is InChI=1S/CBrF3.CH4/c2-1(3,4)5;/h;1H4. The molecule has 0 N–H and O–H groups in total. The highest BCUT2D eigenvalue weighted by atomic mass is 79.9. The van der Waals surface area contributed by atoms with Crippen molar-refractivity contribution in [2.75, 3.05) is 0 Å². The zero-order valence-corrected chi connectivity index (χ0v) is 3.60. The summed E-state index contributed by atoms with van der Waals surface area (Å²) < 4.78 is 30.8. The van der Waals surface area contributed by atoms with Crippen LogP contribution in [0.4, 0.5) is 13.2 Å². The van der Waals surface area contributed by atoms with Crippen molar-refractivity contribution in [3.8, 4) is 0 Å². The van der Waals surface area contributed by atoms with E-state index < -0.39 is 5.09 Å². The van der Waals surface area contributed by atoms with Gasteiger partial charge in [0.15, 0.2) is 0 Å². The Morgan fingerprint density at radius 2 is 1.17 bits per heavy atom. The normalized spacial score (nSPS) is 10.0. The van der Waals surface area contributed by atoms with Gasteiger partial charge >= 0.3 is 5.09 Å². The fourth-order valence-electron chi connectivity index (χ4n) is 0. The molecule has 0 saturated heterocycles. The van der Waals surface area contributed by atoms with E-state index in [9.17, 15) is 13.2 Å². The van der Waals surface area contributed by atoms with Crippen molar-refractivity contribution in [3.63, 3.8) is 0 Å². The van der Waals surface area contributed by atoms with Crippen LogP contribution in [-0.2, 0) is 0 Å². The van der Waals surface area contributed by atoms with E-state index in [2.05, 4.69) is 0 Å². The van der Waals surface area contributed by atoms with Crippen LogP contribution in [0.2, 0.25) is 0 Å². The van der Waals surface area contributed by atoms with Crippen LogP contribution in [0.25, 0.3) is 0 Å². The molecule has 0 aromatic rings. The molecule has 0 heterocycles. The third-order valence-electron chi connectivity index (χ3n) is 0. The van der Waals surface area contributed by atoms with Crippen LogP contribution in [-0.4, -0.2) is 5.09 Å². The first-order chi connectivity index (χ1) is 2.00. The Morgan fingerprint density at radius 3 is 1.17 bits per heavy atom. The number of halogens is 4. The number of hydrogen-bond donors (Lipinski definition) is 0. The van der Waals surface area contributed by atoms with Gasteiger partial charge in [0.25, 0.3) is 0 Å². The van der Waals surface area contributed by atoms with Gasteiger partial charge in [0, 0.05) is 15.9 Å². The van der Waals surface area contributed by atoms with Crippen molar-refractivity contribution in [3.05, 3.63) is 0 Å². The monoisotopic (exact) mass is 164 g/mol. The molecule has 6 heavy (non-hydrogen) atoms. The molecular formula is C2H4BrF3. The molecule has 0 spiro atoms. The quantitative estimate of drug-likeness (QED) is 0.483. The van der Waals surface area contributed by atoms with Gasteiger partial charge < -0.3 is 0 Å². The fraction of sp³-hybridized carbons (Fsp3) is 1.00. The van der Waals surface area contributed by atoms with Crippen molar-refractivity contribution in [1.82, 2.24) is 0 Å². The second-order valence-corrected chi connectivity index (χ2v) is 1.33. The smallest absolute Gasteiger partial charge is 0.160 e. The lowest BCUT2D eigenvalue weighted by atomic mass is 11.6. The Labute approximate surface area is 42.5 Å². The van der Waals surface area contributed by atoms with Crippen molar-refractivity contribution in [2.24, 2.45) is 0 Å². The maximum absolute atomic E-state index is 10.3. The second kappa shape index (κ2) is 2.44. The van der Waals surface area contributed by atoms with E-state index in [1.54, 1.807) is 0 Å². The molecule has 0 fully saturated rings. The van der Waals surface area contributed by atoms with Crippen LogP contribution in [0.5, 0.6) is 0 Å². The molecule has 0 aromatic heterocycles. The van der Waals surface area contributed by atoms with E-state index in [1.165, 1.54) is 15.9 Å².